The van der Waals surface area contributed by atoms with Gasteiger partial charge in [-0.1, -0.05) is 11.6 Å². The molecule has 1 aromatic carbocycles. The van der Waals surface area contributed by atoms with Crippen molar-refractivity contribution < 1.29 is 9.59 Å². The molecule has 0 radical (unpaired) electrons. The normalized spacial score (nSPS) is 14.6. The summed E-state index contributed by atoms with van der Waals surface area (Å²) in [4.78, 5) is 23.3. The zero-order chi connectivity index (χ0) is 12.3. The zero-order valence-corrected chi connectivity index (χ0v) is 10.4. The highest BCUT2D eigenvalue weighted by Gasteiger charge is 2.24. The summed E-state index contributed by atoms with van der Waals surface area (Å²) in [6, 6.07) is 6.80. The van der Waals surface area contributed by atoms with E-state index in [1.165, 1.54) is 12.8 Å². The summed E-state index contributed by atoms with van der Waals surface area (Å²) in [6.45, 7) is 0. The molecule has 90 valence electrons. The Kier molecular flexibility index (Phi) is 3.95. The van der Waals surface area contributed by atoms with Gasteiger partial charge in [0.15, 0.2) is 5.78 Å². The van der Waals surface area contributed by atoms with Crippen LogP contribution >= 0.6 is 11.6 Å². The number of halogens is 1. The van der Waals surface area contributed by atoms with Crippen LogP contribution < -0.4 is 0 Å². The minimum atomic E-state index is 0.0193. The van der Waals surface area contributed by atoms with Gasteiger partial charge in [0.2, 0.25) is 0 Å². The molecule has 1 aliphatic rings. The van der Waals surface area contributed by atoms with E-state index in [1.54, 1.807) is 24.3 Å². The Labute approximate surface area is 106 Å². The van der Waals surface area contributed by atoms with E-state index in [2.05, 4.69) is 0 Å². The first-order chi connectivity index (χ1) is 8.15. The van der Waals surface area contributed by atoms with Crippen molar-refractivity contribution in [1.29, 1.82) is 0 Å². The van der Waals surface area contributed by atoms with Gasteiger partial charge in [0, 0.05) is 29.8 Å². The van der Waals surface area contributed by atoms with Crippen LogP contribution in [-0.2, 0) is 4.79 Å². The maximum atomic E-state index is 11.8. The summed E-state index contributed by atoms with van der Waals surface area (Å²) in [5, 5.41) is 0.617. The summed E-state index contributed by atoms with van der Waals surface area (Å²) < 4.78 is 0. The summed E-state index contributed by atoms with van der Waals surface area (Å²) >= 11 is 5.74. The van der Waals surface area contributed by atoms with Crippen LogP contribution in [0.15, 0.2) is 24.3 Å². The first kappa shape index (κ1) is 12.3. The highest BCUT2D eigenvalue weighted by Crippen LogP contribution is 2.33. The van der Waals surface area contributed by atoms with Crippen LogP contribution in [-0.4, -0.2) is 11.6 Å². The smallest absolute Gasteiger partial charge is 0.163 e. The van der Waals surface area contributed by atoms with Gasteiger partial charge in [0.05, 0.1) is 0 Å². The van der Waals surface area contributed by atoms with Gasteiger partial charge in [-0.05, 0) is 43.0 Å². The molecular weight excluding hydrogens is 236 g/mol. The Morgan fingerprint density at radius 3 is 2.35 bits per heavy atom. The second-order valence-corrected chi connectivity index (χ2v) is 5.05. The molecule has 0 amide bonds. The number of carbonyl (C=O) groups is 2. The molecule has 2 rings (SSSR count). The molecule has 1 aromatic rings. The SMILES string of the molecule is O=C(CCC(=O)c1ccc(Cl)cc1)CC1CC1. The quantitative estimate of drug-likeness (QED) is 0.722. The predicted molar refractivity (Wildman–Crippen MR) is 67.4 cm³/mol. The fourth-order valence-electron chi connectivity index (χ4n) is 1.78. The van der Waals surface area contributed by atoms with Gasteiger partial charge in [-0.25, -0.2) is 0 Å². The van der Waals surface area contributed by atoms with E-state index in [1.807, 2.05) is 0 Å². The molecule has 0 saturated heterocycles. The molecule has 0 N–H and O–H groups in total. The van der Waals surface area contributed by atoms with Gasteiger partial charge in [0.1, 0.15) is 5.78 Å². The standard InChI is InChI=1S/C14H15ClO2/c15-12-5-3-11(4-6-12)14(17)8-7-13(16)9-10-1-2-10/h3-6,10H,1-2,7-9H2. The van der Waals surface area contributed by atoms with Crippen LogP contribution in [0.5, 0.6) is 0 Å². The molecule has 3 heteroatoms. The first-order valence-corrected chi connectivity index (χ1v) is 6.33. The van der Waals surface area contributed by atoms with Crippen molar-refractivity contribution in [2.75, 3.05) is 0 Å². The highest BCUT2D eigenvalue weighted by molar-refractivity contribution is 6.30. The van der Waals surface area contributed by atoms with E-state index in [0.717, 1.165) is 0 Å². The van der Waals surface area contributed by atoms with Crippen LogP contribution in [0.25, 0.3) is 0 Å². The summed E-state index contributed by atoms with van der Waals surface area (Å²) in [5.74, 6) is 0.841. The molecular formula is C14H15ClO2. The molecule has 0 aromatic heterocycles. The van der Waals surface area contributed by atoms with Crippen LogP contribution in [0.4, 0.5) is 0 Å². The van der Waals surface area contributed by atoms with Crippen molar-refractivity contribution >= 4 is 23.2 Å². The molecule has 0 spiro atoms. The minimum Gasteiger partial charge on any atom is -0.300 e. The Morgan fingerprint density at radius 2 is 1.76 bits per heavy atom. The third-order valence-electron chi connectivity index (χ3n) is 3.01. The molecule has 1 fully saturated rings. The molecule has 1 saturated carbocycles. The fourth-order valence-corrected chi connectivity index (χ4v) is 1.91. The maximum absolute atomic E-state index is 11.8. The molecule has 0 bridgehead atoms. The molecule has 1 aliphatic carbocycles. The summed E-state index contributed by atoms with van der Waals surface area (Å²) in [7, 11) is 0. The largest absolute Gasteiger partial charge is 0.300 e. The van der Waals surface area contributed by atoms with Crippen LogP contribution in [0.2, 0.25) is 5.02 Å². The lowest BCUT2D eigenvalue weighted by Gasteiger charge is -2.01. The fraction of sp³-hybridized carbons (Fsp3) is 0.429. The van der Waals surface area contributed by atoms with E-state index in [-0.39, 0.29) is 11.6 Å². The lowest BCUT2D eigenvalue weighted by atomic mass is 10.0. The number of benzene rings is 1. The van der Waals surface area contributed by atoms with E-state index < -0.39 is 0 Å². The predicted octanol–water partition coefficient (Wildman–Crippen LogP) is 3.67. The Bertz CT molecular complexity index is 418. The van der Waals surface area contributed by atoms with E-state index in [0.29, 0.717) is 35.8 Å². The second-order valence-electron chi connectivity index (χ2n) is 4.62. The Morgan fingerprint density at radius 1 is 1.12 bits per heavy atom. The molecule has 0 heterocycles. The van der Waals surface area contributed by atoms with Gasteiger partial charge in [-0.3, -0.25) is 9.59 Å². The lowest BCUT2D eigenvalue weighted by Crippen LogP contribution is -2.05. The Hall–Kier alpha value is -1.15. The monoisotopic (exact) mass is 250 g/mol. The number of hydrogen-bond acceptors (Lipinski definition) is 2. The van der Waals surface area contributed by atoms with Crippen LogP contribution in [0, 0.1) is 5.92 Å². The number of hydrogen-bond donors (Lipinski definition) is 0. The van der Waals surface area contributed by atoms with Gasteiger partial charge in [-0.15, -0.1) is 0 Å². The zero-order valence-electron chi connectivity index (χ0n) is 9.62. The second kappa shape index (κ2) is 5.46. The number of Topliss-reactive ketones (excluding diaryl/α,β-unsaturated/α-hetero) is 2. The Balaban J connectivity index is 1.79. The number of rotatable bonds is 6. The van der Waals surface area contributed by atoms with Gasteiger partial charge < -0.3 is 0 Å². The van der Waals surface area contributed by atoms with Gasteiger partial charge in [-0.2, -0.15) is 0 Å². The van der Waals surface area contributed by atoms with E-state index in [9.17, 15) is 9.59 Å². The lowest BCUT2D eigenvalue weighted by molar-refractivity contribution is -0.119. The van der Waals surface area contributed by atoms with Crippen molar-refractivity contribution in [2.45, 2.75) is 32.1 Å². The first-order valence-electron chi connectivity index (χ1n) is 5.95. The molecule has 2 nitrogen and oxygen atoms in total. The number of ketones is 2. The average Bonchev–Trinajstić information content (AvgIpc) is 3.11. The van der Waals surface area contributed by atoms with Crippen molar-refractivity contribution in [1.82, 2.24) is 0 Å². The molecule has 0 atom stereocenters. The highest BCUT2D eigenvalue weighted by atomic mass is 35.5. The molecule has 17 heavy (non-hydrogen) atoms. The summed E-state index contributed by atoms with van der Waals surface area (Å²) in [6.07, 6.45) is 3.70. The number of carbonyl (C=O) groups excluding carboxylic acids is 2. The van der Waals surface area contributed by atoms with E-state index in [4.69, 9.17) is 11.6 Å². The molecule has 0 unspecified atom stereocenters. The summed E-state index contributed by atoms with van der Waals surface area (Å²) in [5.41, 5.74) is 0.633. The van der Waals surface area contributed by atoms with Crippen molar-refractivity contribution in [2.24, 2.45) is 5.92 Å². The van der Waals surface area contributed by atoms with Gasteiger partial charge >= 0.3 is 0 Å². The van der Waals surface area contributed by atoms with Crippen molar-refractivity contribution in [3.05, 3.63) is 34.9 Å². The third-order valence-corrected chi connectivity index (χ3v) is 3.26. The van der Waals surface area contributed by atoms with Crippen molar-refractivity contribution in [3.8, 4) is 0 Å². The third kappa shape index (κ3) is 3.97. The maximum Gasteiger partial charge on any atom is 0.163 e. The average molecular weight is 251 g/mol. The van der Waals surface area contributed by atoms with Crippen molar-refractivity contribution in [3.63, 3.8) is 0 Å². The van der Waals surface area contributed by atoms with Gasteiger partial charge in [0.25, 0.3) is 0 Å². The topological polar surface area (TPSA) is 34.1 Å². The van der Waals surface area contributed by atoms with Crippen LogP contribution in [0.1, 0.15) is 42.5 Å². The van der Waals surface area contributed by atoms with E-state index >= 15 is 0 Å². The molecule has 0 aliphatic heterocycles. The minimum absolute atomic E-state index is 0.0193. The van der Waals surface area contributed by atoms with Crippen LogP contribution in [0.3, 0.4) is 0 Å².